The highest BCUT2D eigenvalue weighted by atomic mass is 32.2. The number of amides is 3. The van der Waals surface area contributed by atoms with Crippen molar-refractivity contribution in [1.82, 2.24) is 10.6 Å². The summed E-state index contributed by atoms with van der Waals surface area (Å²) in [6.07, 6.45) is -0.908. The van der Waals surface area contributed by atoms with Crippen molar-refractivity contribution in [1.29, 1.82) is 0 Å². The third-order valence-corrected chi connectivity index (χ3v) is 4.02. The fourth-order valence-corrected chi connectivity index (χ4v) is 2.64. The second kappa shape index (κ2) is 12.7. The highest BCUT2D eigenvalue weighted by molar-refractivity contribution is 8.00. The van der Waals surface area contributed by atoms with Crippen LogP contribution in [0.5, 0.6) is 0 Å². The molecule has 0 radical (unpaired) electrons. The molecule has 0 spiro atoms. The van der Waals surface area contributed by atoms with E-state index in [4.69, 9.17) is 9.47 Å². The van der Waals surface area contributed by atoms with Crippen LogP contribution in [-0.4, -0.2) is 63.1 Å². The fourth-order valence-electron chi connectivity index (χ4n) is 1.77. The number of methoxy groups -OCH3 is 1. The van der Waals surface area contributed by atoms with Crippen molar-refractivity contribution in [2.45, 2.75) is 11.8 Å². The highest BCUT2D eigenvalue weighted by Crippen LogP contribution is 2.23. The van der Waals surface area contributed by atoms with Crippen molar-refractivity contribution < 1.29 is 33.4 Å². The lowest BCUT2D eigenvalue weighted by Gasteiger charge is -2.09. The summed E-state index contributed by atoms with van der Waals surface area (Å²) in [5, 5.41) is 4.59. The Morgan fingerprint density at radius 3 is 2.52 bits per heavy atom. The maximum atomic E-state index is 12.2. The van der Waals surface area contributed by atoms with Crippen LogP contribution in [0.25, 0.3) is 0 Å². The van der Waals surface area contributed by atoms with Gasteiger partial charge in [0, 0.05) is 18.6 Å². The number of esters is 1. The van der Waals surface area contributed by atoms with Gasteiger partial charge in [-0.25, -0.2) is 9.59 Å². The summed E-state index contributed by atoms with van der Waals surface area (Å²) < 4.78 is 14.3. The van der Waals surface area contributed by atoms with Gasteiger partial charge in [0.2, 0.25) is 5.91 Å². The van der Waals surface area contributed by atoms with Gasteiger partial charge in [0.1, 0.15) is 0 Å². The van der Waals surface area contributed by atoms with Crippen LogP contribution in [-0.2, 0) is 23.8 Å². The Morgan fingerprint density at radius 1 is 1.07 bits per heavy atom. The third kappa shape index (κ3) is 9.06. The summed E-state index contributed by atoms with van der Waals surface area (Å²) in [7, 11) is 1.54. The number of hydrogen-bond acceptors (Lipinski definition) is 8. The number of rotatable bonds is 10. The van der Waals surface area contributed by atoms with Crippen molar-refractivity contribution in [3.05, 3.63) is 29.8 Å². The molecule has 148 valence electrons. The molecule has 10 heteroatoms. The van der Waals surface area contributed by atoms with Crippen LogP contribution in [0.3, 0.4) is 0 Å². The number of ether oxygens (including phenoxy) is 3. The molecule has 0 atom stereocenters. The first-order valence-corrected chi connectivity index (χ1v) is 9.07. The number of carbonyl (C=O) groups is 4. The largest absolute Gasteiger partial charge is 0.452 e. The van der Waals surface area contributed by atoms with Gasteiger partial charge >= 0.3 is 12.1 Å². The normalized spacial score (nSPS) is 10.0. The predicted molar refractivity (Wildman–Crippen MR) is 97.5 cm³/mol. The van der Waals surface area contributed by atoms with E-state index in [-0.39, 0.29) is 23.8 Å². The molecule has 0 unspecified atom stereocenters. The zero-order valence-corrected chi connectivity index (χ0v) is 15.9. The Morgan fingerprint density at radius 2 is 1.81 bits per heavy atom. The van der Waals surface area contributed by atoms with Gasteiger partial charge < -0.3 is 19.5 Å². The number of imide groups is 1. The first-order chi connectivity index (χ1) is 13.0. The first-order valence-electron chi connectivity index (χ1n) is 8.09. The standard InChI is InChI=1S/C17H22N2O7S/c1-3-25-17(23)19-14(20)10-26-16(22)12-6-4-5-7-13(12)27-11-15(21)18-8-9-24-2/h4-7H,3,8-11H2,1-2H3,(H,18,21)(H,19,20,23). The number of hydrogen-bond donors (Lipinski definition) is 2. The SMILES string of the molecule is CCOC(=O)NC(=O)COC(=O)c1ccccc1SCC(=O)NCCOC. The van der Waals surface area contributed by atoms with Crippen LogP contribution in [0.2, 0.25) is 0 Å². The van der Waals surface area contributed by atoms with Crippen molar-refractivity contribution in [2.24, 2.45) is 0 Å². The van der Waals surface area contributed by atoms with Crippen molar-refractivity contribution in [3.8, 4) is 0 Å². The Bertz CT molecular complexity index is 666. The van der Waals surface area contributed by atoms with Gasteiger partial charge in [-0.2, -0.15) is 0 Å². The molecule has 0 fully saturated rings. The van der Waals surface area contributed by atoms with Crippen LogP contribution in [0.4, 0.5) is 4.79 Å². The number of nitrogens with one attached hydrogen (secondary N) is 2. The second-order valence-electron chi connectivity index (χ2n) is 4.97. The van der Waals surface area contributed by atoms with E-state index in [9.17, 15) is 19.2 Å². The minimum Gasteiger partial charge on any atom is -0.452 e. The zero-order chi connectivity index (χ0) is 20.1. The van der Waals surface area contributed by atoms with Crippen LogP contribution in [0.1, 0.15) is 17.3 Å². The second-order valence-corrected chi connectivity index (χ2v) is 5.99. The molecule has 2 N–H and O–H groups in total. The molecule has 0 aliphatic rings. The molecule has 27 heavy (non-hydrogen) atoms. The van der Waals surface area contributed by atoms with E-state index in [1.165, 1.54) is 13.2 Å². The van der Waals surface area contributed by atoms with Gasteiger partial charge in [0.25, 0.3) is 5.91 Å². The van der Waals surface area contributed by atoms with Crippen LogP contribution in [0, 0.1) is 0 Å². The Hall–Kier alpha value is -2.59. The van der Waals surface area contributed by atoms with Gasteiger partial charge in [0.05, 0.1) is 24.5 Å². The minimum atomic E-state index is -0.908. The highest BCUT2D eigenvalue weighted by Gasteiger charge is 2.16. The molecule has 1 aromatic carbocycles. The summed E-state index contributed by atoms with van der Waals surface area (Å²) in [4.78, 5) is 47.1. The average molecular weight is 398 g/mol. The summed E-state index contributed by atoms with van der Waals surface area (Å²) in [6, 6.07) is 6.55. The molecule has 0 heterocycles. The zero-order valence-electron chi connectivity index (χ0n) is 15.1. The molecule has 0 aliphatic carbocycles. The third-order valence-electron chi connectivity index (χ3n) is 2.95. The molecule has 0 saturated heterocycles. The van der Waals surface area contributed by atoms with E-state index >= 15 is 0 Å². The molecule has 1 rings (SSSR count). The molecule has 3 amide bonds. The monoisotopic (exact) mass is 398 g/mol. The van der Waals surface area contributed by atoms with E-state index < -0.39 is 24.6 Å². The fraction of sp³-hybridized carbons (Fsp3) is 0.412. The molecule has 0 aliphatic heterocycles. The summed E-state index contributed by atoms with van der Waals surface area (Å²) in [5.74, 6) is -1.63. The van der Waals surface area contributed by atoms with Crippen molar-refractivity contribution in [3.63, 3.8) is 0 Å². The maximum absolute atomic E-state index is 12.2. The van der Waals surface area contributed by atoms with Gasteiger partial charge in [-0.05, 0) is 19.1 Å². The van der Waals surface area contributed by atoms with Crippen molar-refractivity contribution in [2.75, 3.05) is 39.2 Å². The molecule has 9 nitrogen and oxygen atoms in total. The number of benzene rings is 1. The Labute approximate surface area is 161 Å². The summed E-state index contributed by atoms with van der Waals surface area (Å²) in [6.45, 7) is 1.88. The van der Waals surface area contributed by atoms with E-state index in [1.54, 1.807) is 25.1 Å². The summed E-state index contributed by atoms with van der Waals surface area (Å²) in [5.41, 5.74) is 0.219. The van der Waals surface area contributed by atoms with E-state index in [2.05, 4.69) is 10.1 Å². The van der Waals surface area contributed by atoms with Crippen LogP contribution in [0.15, 0.2) is 29.2 Å². The van der Waals surface area contributed by atoms with Gasteiger partial charge in [-0.1, -0.05) is 12.1 Å². The smallest absolute Gasteiger partial charge is 0.413 e. The topological polar surface area (TPSA) is 120 Å². The van der Waals surface area contributed by atoms with E-state index in [1.807, 2.05) is 5.32 Å². The maximum Gasteiger partial charge on any atom is 0.413 e. The average Bonchev–Trinajstić information content (AvgIpc) is 2.65. The Balaban J connectivity index is 2.54. The van der Waals surface area contributed by atoms with Crippen LogP contribution >= 0.6 is 11.8 Å². The molecular weight excluding hydrogens is 376 g/mol. The quantitative estimate of drug-likeness (QED) is 0.340. The number of carbonyl (C=O) groups excluding carboxylic acids is 4. The molecule has 1 aromatic rings. The Kier molecular flexibility index (Phi) is 10.6. The molecular formula is C17H22N2O7S. The van der Waals surface area contributed by atoms with E-state index in [0.717, 1.165) is 11.8 Å². The lowest BCUT2D eigenvalue weighted by Crippen LogP contribution is -2.34. The van der Waals surface area contributed by atoms with E-state index in [0.29, 0.717) is 18.0 Å². The van der Waals surface area contributed by atoms with Gasteiger partial charge in [-0.3, -0.25) is 14.9 Å². The molecule has 0 aromatic heterocycles. The number of alkyl carbamates (subject to hydrolysis) is 1. The van der Waals surface area contributed by atoms with Gasteiger partial charge in [0.15, 0.2) is 6.61 Å². The van der Waals surface area contributed by atoms with Gasteiger partial charge in [-0.15, -0.1) is 11.8 Å². The lowest BCUT2D eigenvalue weighted by atomic mass is 10.2. The van der Waals surface area contributed by atoms with Crippen molar-refractivity contribution >= 4 is 35.6 Å². The summed E-state index contributed by atoms with van der Waals surface area (Å²) >= 11 is 1.16. The molecule has 0 saturated carbocycles. The first kappa shape index (κ1) is 22.5. The molecule has 0 bridgehead atoms. The number of thioether (sulfide) groups is 1. The lowest BCUT2D eigenvalue weighted by molar-refractivity contribution is -0.123. The van der Waals surface area contributed by atoms with Crippen LogP contribution < -0.4 is 10.6 Å². The predicted octanol–water partition coefficient (Wildman–Crippen LogP) is 0.971. The minimum absolute atomic E-state index is 0.108.